The average Bonchev–Trinajstić information content (AvgIpc) is 2.42. The third-order valence-corrected chi connectivity index (χ3v) is 4.00. The SMILES string of the molecule is CC(NC(=O)c1cc(Br)ccc1Br)c1ccccc1. The summed E-state index contributed by atoms with van der Waals surface area (Å²) < 4.78 is 1.67. The molecule has 1 atom stereocenters. The largest absolute Gasteiger partial charge is 0.345 e. The average molecular weight is 383 g/mol. The third kappa shape index (κ3) is 3.67. The lowest BCUT2D eigenvalue weighted by molar-refractivity contribution is 0.0939. The van der Waals surface area contributed by atoms with Crippen molar-refractivity contribution in [2.75, 3.05) is 0 Å². The summed E-state index contributed by atoms with van der Waals surface area (Å²) in [5.41, 5.74) is 1.71. The van der Waals surface area contributed by atoms with E-state index in [2.05, 4.69) is 37.2 Å². The zero-order chi connectivity index (χ0) is 13.8. The number of carbonyl (C=O) groups is 1. The van der Waals surface area contributed by atoms with E-state index >= 15 is 0 Å². The highest BCUT2D eigenvalue weighted by molar-refractivity contribution is 9.11. The van der Waals surface area contributed by atoms with E-state index < -0.39 is 0 Å². The number of nitrogens with one attached hydrogen (secondary N) is 1. The lowest BCUT2D eigenvalue weighted by Crippen LogP contribution is -2.26. The van der Waals surface area contributed by atoms with E-state index in [4.69, 9.17) is 0 Å². The standard InChI is InChI=1S/C15H13Br2NO/c1-10(11-5-3-2-4-6-11)18-15(19)13-9-12(16)7-8-14(13)17/h2-10H,1H3,(H,18,19). The van der Waals surface area contributed by atoms with Gasteiger partial charge in [-0.3, -0.25) is 4.79 Å². The first-order chi connectivity index (χ1) is 9.08. The topological polar surface area (TPSA) is 29.1 Å². The van der Waals surface area contributed by atoms with Crippen LogP contribution in [0.1, 0.15) is 28.9 Å². The Bertz CT molecular complexity index is 584. The number of benzene rings is 2. The quantitative estimate of drug-likeness (QED) is 0.818. The van der Waals surface area contributed by atoms with Crippen LogP contribution in [0.25, 0.3) is 0 Å². The molecule has 0 heterocycles. The van der Waals surface area contributed by atoms with Gasteiger partial charge in [0.1, 0.15) is 0 Å². The second-order valence-corrected chi connectivity index (χ2v) is 6.00. The van der Waals surface area contributed by atoms with Gasteiger partial charge in [-0.2, -0.15) is 0 Å². The minimum atomic E-state index is -0.0930. The fourth-order valence-electron chi connectivity index (χ4n) is 1.77. The molecule has 2 nitrogen and oxygen atoms in total. The van der Waals surface area contributed by atoms with Gasteiger partial charge in [0.25, 0.3) is 5.91 Å². The Morgan fingerprint density at radius 1 is 1.11 bits per heavy atom. The van der Waals surface area contributed by atoms with Gasteiger partial charge in [-0.25, -0.2) is 0 Å². The van der Waals surface area contributed by atoms with Crippen LogP contribution in [0.5, 0.6) is 0 Å². The minimum Gasteiger partial charge on any atom is -0.345 e. The van der Waals surface area contributed by atoms with Crippen molar-refractivity contribution >= 4 is 37.8 Å². The molecule has 2 aromatic carbocycles. The van der Waals surface area contributed by atoms with Crippen LogP contribution >= 0.6 is 31.9 Å². The maximum absolute atomic E-state index is 12.2. The zero-order valence-electron chi connectivity index (χ0n) is 10.4. The number of carbonyl (C=O) groups excluding carboxylic acids is 1. The Morgan fingerprint density at radius 2 is 1.79 bits per heavy atom. The molecule has 0 saturated carbocycles. The molecule has 0 radical (unpaired) electrons. The fraction of sp³-hybridized carbons (Fsp3) is 0.133. The molecule has 1 N–H and O–H groups in total. The summed E-state index contributed by atoms with van der Waals surface area (Å²) in [6.45, 7) is 1.97. The van der Waals surface area contributed by atoms with Crippen LogP contribution in [0.2, 0.25) is 0 Å². The first-order valence-corrected chi connectivity index (χ1v) is 7.47. The van der Waals surface area contributed by atoms with Crippen LogP contribution in [0.4, 0.5) is 0 Å². The summed E-state index contributed by atoms with van der Waals surface area (Å²) in [6.07, 6.45) is 0. The van der Waals surface area contributed by atoms with Crippen molar-refractivity contribution in [1.29, 1.82) is 0 Å². The Labute approximate surface area is 129 Å². The predicted octanol–water partition coefficient (Wildman–Crippen LogP) is 4.70. The van der Waals surface area contributed by atoms with E-state index in [0.717, 1.165) is 14.5 Å². The Balaban J connectivity index is 2.15. The van der Waals surface area contributed by atoms with Gasteiger partial charge in [-0.05, 0) is 46.6 Å². The Kier molecular flexibility index (Phi) is 4.77. The first kappa shape index (κ1) is 14.3. The third-order valence-electron chi connectivity index (χ3n) is 2.82. The molecule has 4 heteroatoms. The van der Waals surface area contributed by atoms with Crippen molar-refractivity contribution in [1.82, 2.24) is 5.32 Å². The monoisotopic (exact) mass is 381 g/mol. The van der Waals surface area contributed by atoms with Crippen molar-refractivity contribution in [3.8, 4) is 0 Å². The lowest BCUT2D eigenvalue weighted by Gasteiger charge is -2.15. The van der Waals surface area contributed by atoms with E-state index in [1.807, 2.05) is 49.4 Å². The molecule has 98 valence electrons. The molecule has 0 spiro atoms. The van der Waals surface area contributed by atoms with Gasteiger partial charge in [0.05, 0.1) is 11.6 Å². The molecule has 0 saturated heterocycles. The summed E-state index contributed by atoms with van der Waals surface area (Å²) in [5, 5.41) is 2.99. The summed E-state index contributed by atoms with van der Waals surface area (Å²) in [6, 6.07) is 15.4. The molecule has 0 aliphatic carbocycles. The van der Waals surface area contributed by atoms with Gasteiger partial charge < -0.3 is 5.32 Å². The first-order valence-electron chi connectivity index (χ1n) is 5.89. The van der Waals surface area contributed by atoms with E-state index in [-0.39, 0.29) is 11.9 Å². The van der Waals surface area contributed by atoms with Crippen molar-refractivity contribution in [2.45, 2.75) is 13.0 Å². The fourth-order valence-corrected chi connectivity index (χ4v) is 2.56. The summed E-state index contributed by atoms with van der Waals surface area (Å²) in [4.78, 5) is 12.2. The summed E-state index contributed by atoms with van der Waals surface area (Å²) in [7, 11) is 0. The van der Waals surface area contributed by atoms with E-state index in [1.165, 1.54) is 0 Å². The highest BCUT2D eigenvalue weighted by Gasteiger charge is 2.14. The molecule has 19 heavy (non-hydrogen) atoms. The maximum atomic E-state index is 12.2. The predicted molar refractivity (Wildman–Crippen MR) is 84.2 cm³/mol. The molecule has 0 aliphatic rings. The van der Waals surface area contributed by atoms with Crippen molar-refractivity contribution in [2.24, 2.45) is 0 Å². The Hall–Kier alpha value is -1.13. The molecule has 0 bridgehead atoms. The number of hydrogen-bond donors (Lipinski definition) is 1. The molecule has 0 aromatic heterocycles. The highest BCUT2D eigenvalue weighted by Crippen LogP contribution is 2.22. The van der Waals surface area contributed by atoms with Gasteiger partial charge in [-0.15, -0.1) is 0 Å². The van der Waals surface area contributed by atoms with Crippen LogP contribution in [-0.2, 0) is 0 Å². The van der Waals surface area contributed by atoms with Gasteiger partial charge in [-0.1, -0.05) is 46.3 Å². The highest BCUT2D eigenvalue weighted by atomic mass is 79.9. The second-order valence-electron chi connectivity index (χ2n) is 4.23. The van der Waals surface area contributed by atoms with Gasteiger partial charge in [0.2, 0.25) is 0 Å². The summed E-state index contributed by atoms with van der Waals surface area (Å²) in [5.74, 6) is -0.0930. The molecule has 0 aliphatic heterocycles. The normalized spacial score (nSPS) is 11.9. The van der Waals surface area contributed by atoms with Gasteiger partial charge in [0, 0.05) is 8.95 Å². The van der Waals surface area contributed by atoms with E-state index in [0.29, 0.717) is 5.56 Å². The van der Waals surface area contributed by atoms with Crippen LogP contribution in [-0.4, -0.2) is 5.91 Å². The van der Waals surface area contributed by atoms with Crippen molar-refractivity contribution < 1.29 is 4.79 Å². The van der Waals surface area contributed by atoms with Crippen molar-refractivity contribution in [3.63, 3.8) is 0 Å². The molecule has 0 fully saturated rings. The maximum Gasteiger partial charge on any atom is 0.252 e. The lowest BCUT2D eigenvalue weighted by atomic mass is 10.1. The smallest absolute Gasteiger partial charge is 0.252 e. The van der Waals surface area contributed by atoms with Crippen LogP contribution < -0.4 is 5.32 Å². The Morgan fingerprint density at radius 3 is 2.47 bits per heavy atom. The minimum absolute atomic E-state index is 0.0282. The second kappa shape index (κ2) is 6.35. The molecular weight excluding hydrogens is 370 g/mol. The summed E-state index contributed by atoms with van der Waals surface area (Å²) >= 11 is 6.77. The molecule has 1 unspecified atom stereocenters. The van der Waals surface area contributed by atoms with Crippen LogP contribution in [0.3, 0.4) is 0 Å². The number of hydrogen-bond acceptors (Lipinski definition) is 1. The van der Waals surface area contributed by atoms with E-state index in [1.54, 1.807) is 6.07 Å². The van der Waals surface area contributed by atoms with Crippen LogP contribution in [0, 0.1) is 0 Å². The molecule has 1 amide bonds. The van der Waals surface area contributed by atoms with Gasteiger partial charge >= 0.3 is 0 Å². The molecular formula is C15H13Br2NO. The zero-order valence-corrected chi connectivity index (χ0v) is 13.5. The number of amides is 1. The van der Waals surface area contributed by atoms with Gasteiger partial charge in [0.15, 0.2) is 0 Å². The van der Waals surface area contributed by atoms with Crippen molar-refractivity contribution in [3.05, 3.63) is 68.6 Å². The molecule has 2 aromatic rings. The number of rotatable bonds is 3. The van der Waals surface area contributed by atoms with Crippen LogP contribution in [0.15, 0.2) is 57.5 Å². The van der Waals surface area contributed by atoms with E-state index in [9.17, 15) is 4.79 Å². The number of halogens is 2. The molecule has 2 rings (SSSR count).